The second-order valence-electron chi connectivity index (χ2n) is 5.88. The van der Waals surface area contributed by atoms with Gasteiger partial charge in [-0.1, -0.05) is 0 Å². The van der Waals surface area contributed by atoms with Crippen LogP contribution in [0.4, 0.5) is 0 Å². The van der Waals surface area contributed by atoms with E-state index in [-0.39, 0.29) is 17.0 Å². The lowest BCUT2D eigenvalue weighted by Gasteiger charge is -2.26. The van der Waals surface area contributed by atoms with Gasteiger partial charge in [0.1, 0.15) is 11.3 Å². The van der Waals surface area contributed by atoms with Crippen LogP contribution in [-0.2, 0) is 0 Å². The van der Waals surface area contributed by atoms with Crippen LogP contribution in [0.5, 0.6) is 0 Å². The number of furan rings is 1. The van der Waals surface area contributed by atoms with E-state index in [0.717, 1.165) is 19.4 Å². The summed E-state index contributed by atoms with van der Waals surface area (Å²) in [6.45, 7) is 0.795. The van der Waals surface area contributed by atoms with Crippen LogP contribution in [0.1, 0.15) is 29.6 Å². The van der Waals surface area contributed by atoms with Gasteiger partial charge in [-0.2, -0.15) is 0 Å². The first-order valence-corrected chi connectivity index (χ1v) is 7.30. The fourth-order valence-electron chi connectivity index (χ4n) is 3.55. The van der Waals surface area contributed by atoms with Gasteiger partial charge < -0.3 is 14.3 Å². The number of aromatic nitrogens is 1. The van der Waals surface area contributed by atoms with Gasteiger partial charge in [0.05, 0.1) is 12.0 Å². The van der Waals surface area contributed by atoms with Crippen LogP contribution in [-0.4, -0.2) is 28.4 Å². The Bertz CT molecular complexity index is 732. The summed E-state index contributed by atoms with van der Waals surface area (Å²) in [6, 6.07) is 7.18. The Balaban J connectivity index is 1.64. The van der Waals surface area contributed by atoms with Gasteiger partial charge in [-0.05, 0) is 49.4 Å². The molecular formula is C16H16N2O3. The topological polar surface area (TPSA) is 66.3 Å². The third kappa shape index (κ3) is 2.00. The first-order chi connectivity index (χ1) is 10.2. The molecule has 1 saturated heterocycles. The molecule has 1 N–H and O–H groups in total. The molecular weight excluding hydrogens is 268 g/mol. The zero-order valence-corrected chi connectivity index (χ0v) is 11.5. The second-order valence-corrected chi connectivity index (χ2v) is 5.88. The molecule has 0 aromatic carbocycles. The van der Waals surface area contributed by atoms with Gasteiger partial charge >= 0.3 is 0 Å². The van der Waals surface area contributed by atoms with Gasteiger partial charge in [0.25, 0.3) is 11.5 Å². The van der Waals surface area contributed by atoms with Crippen LogP contribution < -0.4 is 5.56 Å². The van der Waals surface area contributed by atoms with Crippen molar-refractivity contribution in [2.24, 2.45) is 5.92 Å². The molecule has 5 heteroatoms. The van der Waals surface area contributed by atoms with Crippen LogP contribution in [0, 0.1) is 5.92 Å². The Morgan fingerprint density at radius 1 is 1.29 bits per heavy atom. The molecule has 5 nitrogen and oxygen atoms in total. The van der Waals surface area contributed by atoms with Crippen molar-refractivity contribution in [2.75, 3.05) is 6.54 Å². The molecule has 0 radical (unpaired) electrons. The number of carbonyl (C=O) groups is 1. The monoisotopic (exact) mass is 284 g/mol. The molecule has 21 heavy (non-hydrogen) atoms. The van der Waals surface area contributed by atoms with E-state index in [1.807, 2.05) is 4.90 Å². The van der Waals surface area contributed by atoms with Gasteiger partial charge in [-0.15, -0.1) is 0 Å². The van der Waals surface area contributed by atoms with E-state index in [4.69, 9.17) is 4.42 Å². The average molecular weight is 284 g/mol. The van der Waals surface area contributed by atoms with Crippen LogP contribution in [0.2, 0.25) is 0 Å². The first-order valence-electron chi connectivity index (χ1n) is 7.30. The van der Waals surface area contributed by atoms with E-state index < -0.39 is 0 Å². The molecule has 2 fully saturated rings. The molecule has 2 aromatic heterocycles. The summed E-state index contributed by atoms with van der Waals surface area (Å²) in [5.41, 5.74) is 0.457. The number of pyridine rings is 1. The number of likely N-dealkylation sites (tertiary alicyclic amines) is 1. The molecule has 2 bridgehead atoms. The fourth-order valence-corrected chi connectivity index (χ4v) is 3.55. The molecule has 1 amide bonds. The molecule has 2 atom stereocenters. The SMILES string of the molecule is O=C(c1ccc(-c2ccco2)[nH]c1=O)N1C[C@@H]2CC[C@@H]1C2. The zero-order valence-electron chi connectivity index (χ0n) is 11.5. The Morgan fingerprint density at radius 3 is 2.81 bits per heavy atom. The number of nitrogens with one attached hydrogen (secondary N) is 1. The number of hydrogen-bond donors (Lipinski definition) is 1. The van der Waals surface area contributed by atoms with Crippen molar-refractivity contribution in [2.45, 2.75) is 25.3 Å². The van der Waals surface area contributed by atoms with Gasteiger partial charge in [0, 0.05) is 12.6 Å². The maximum Gasteiger partial charge on any atom is 0.261 e. The smallest absolute Gasteiger partial charge is 0.261 e. The van der Waals surface area contributed by atoms with Crippen molar-refractivity contribution >= 4 is 5.91 Å². The minimum Gasteiger partial charge on any atom is -0.463 e. The number of carbonyl (C=O) groups excluding carboxylic acids is 1. The summed E-state index contributed by atoms with van der Waals surface area (Å²) in [5.74, 6) is 1.07. The van der Waals surface area contributed by atoms with Gasteiger partial charge in [0.15, 0.2) is 0 Å². The second kappa shape index (κ2) is 4.62. The summed E-state index contributed by atoms with van der Waals surface area (Å²) in [7, 11) is 0. The van der Waals surface area contributed by atoms with Crippen molar-refractivity contribution in [3.05, 3.63) is 46.4 Å². The third-order valence-electron chi connectivity index (χ3n) is 4.60. The van der Waals surface area contributed by atoms with Gasteiger partial charge in [-0.25, -0.2) is 0 Å². The van der Waals surface area contributed by atoms with E-state index in [9.17, 15) is 9.59 Å². The van der Waals surface area contributed by atoms with E-state index in [0.29, 0.717) is 23.4 Å². The highest BCUT2D eigenvalue weighted by molar-refractivity contribution is 5.94. The van der Waals surface area contributed by atoms with Crippen LogP contribution in [0.15, 0.2) is 39.7 Å². The highest BCUT2D eigenvalue weighted by atomic mass is 16.3. The Kier molecular flexibility index (Phi) is 2.74. The lowest BCUT2D eigenvalue weighted by molar-refractivity contribution is 0.0702. The van der Waals surface area contributed by atoms with Crippen LogP contribution >= 0.6 is 0 Å². The Labute approximate surface area is 121 Å². The van der Waals surface area contributed by atoms with E-state index in [1.165, 1.54) is 6.42 Å². The van der Waals surface area contributed by atoms with Gasteiger partial charge in [-0.3, -0.25) is 9.59 Å². The molecule has 1 aliphatic heterocycles. The summed E-state index contributed by atoms with van der Waals surface area (Å²) in [5, 5.41) is 0. The summed E-state index contributed by atoms with van der Waals surface area (Å²) in [4.78, 5) is 29.3. The summed E-state index contributed by atoms with van der Waals surface area (Å²) >= 11 is 0. The van der Waals surface area contributed by atoms with Crippen molar-refractivity contribution in [3.63, 3.8) is 0 Å². The molecule has 1 saturated carbocycles. The lowest BCUT2D eigenvalue weighted by atomic mass is 10.1. The molecule has 108 valence electrons. The maximum absolute atomic E-state index is 12.5. The highest BCUT2D eigenvalue weighted by Crippen LogP contribution is 2.37. The molecule has 2 aliphatic rings. The highest BCUT2D eigenvalue weighted by Gasteiger charge is 2.40. The zero-order chi connectivity index (χ0) is 14.4. The van der Waals surface area contributed by atoms with E-state index in [2.05, 4.69) is 4.98 Å². The molecule has 3 heterocycles. The first kappa shape index (κ1) is 12.4. The number of amides is 1. The van der Waals surface area contributed by atoms with Crippen molar-refractivity contribution in [1.29, 1.82) is 0 Å². The molecule has 1 aliphatic carbocycles. The molecule has 0 spiro atoms. The standard InChI is InChI=1S/C16H16N2O3/c19-15-12(5-6-13(17-15)14-2-1-7-21-14)16(20)18-9-10-3-4-11(18)8-10/h1-2,5-7,10-11H,3-4,8-9H2,(H,17,19)/t10-,11-/m1/s1. The average Bonchev–Trinajstić information content (AvgIpc) is 3.23. The molecule has 0 unspecified atom stereocenters. The molecule has 2 aromatic rings. The number of hydrogen-bond acceptors (Lipinski definition) is 3. The van der Waals surface area contributed by atoms with Crippen LogP contribution in [0.25, 0.3) is 11.5 Å². The van der Waals surface area contributed by atoms with Crippen LogP contribution in [0.3, 0.4) is 0 Å². The number of rotatable bonds is 2. The normalized spacial score (nSPS) is 23.7. The van der Waals surface area contributed by atoms with Crippen molar-refractivity contribution in [1.82, 2.24) is 9.88 Å². The maximum atomic E-state index is 12.5. The number of nitrogens with zero attached hydrogens (tertiary/aromatic N) is 1. The number of aromatic amines is 1. The molecule has 4 rings (SSSR count). The minimum atomic E-state index is -0.350. The Morgan fingerprint density at radius 2 is 2.19 bits per heavy atom. The fraction of sp³-hybridized carbons (Fsp3) is 0.375. The third-order valence-corrected chi connectivity index (χ3v) is 4.60. The number of H-pyrrole nitrogens is 1. The van der Waals surface area contributed by atoms with E-state index >= 15 is 0 Å². The minimum absolute atomic E-state index is 0.144. The lowest BCUT2D eigenvalue weighted by Crippen LogP contribution is -2.40. The van der Waals surface area contributed by atoms with Gasteiger partial charge in [0.2, 0.25) is 0 Å². The predicted octanol–water partition coefficient (Wildman–Crippen LogP) is 2.26. The van der Waals surface area contributed by atoms with Crippen molar-refractivity contribution in [3.8, 4) is 11.5 Å². The predicted molar refractivity (Wildman–Crippen MR) is 76.9 cm³/mol. The quantitative estimate of drug-likeness (QED) is 0.919. The van der Waals surface area contributed by atoms with Crippen molar-refractivity contribution < 1.29 is 9.21 Å². The summed E-state index contributed by atoms with van der Waals surface area (Å²) in [6.07, 6.45) is 4.92. The number of fused-ring (bicyclic) bond motifs is 2. The largest absolute Gasteiger partial charge is 0.463 e. The van der Waals surface area contributed by atoms with E-state index in [1.54, 1.807) is 30.5 Å². The number of piperidine rings is 1. The summed E-state index contributed by atoms with van der Waals surface area (Å²) < 4.78 is 5.25. The Hall–Kier alpha value is -2.30.